The van der Waals surface area contributed by atoms with Crippen molar-refractivity contribution in [1.29, 1.82) is 0 Å². The van der Waals surface area contributed by atoms with Gasteiger partial charge in [0.25, 0.3) is 5.91 Å². The summed E-state index contributed by atoms with van der Waals surface area (Å²) in [6.07, 6.45) is 4.94. The van der Waals surface area contributed by atoms with Crippen LogP contribution in [0.4, 0.5) is 4.39 Å². The molecule has 2 fully saturated rings. The zero-order chi connectivity index (χ0) is 20.4. The van der Waals surface area contributed by atoms with Crippen LogP contribution in [0.3, 0.4) is 0 Å². The average molecular weight is 436 g/mol. The fourth-order valence-corrected chi connectivity index (χ4v) is 4.98. The molecule has 8 heteroatoms. The molecule has 2 amide bonds. The van der Waals surface area contributed by atoms with Gasteiger partial charge in [-0.25, -0.2) is 9.37 Å². The van der Waals surface area contributed by atoms with Crippen molar-refractivity contribution in [3.63, 3.8) is 0 Å². The molecule has 1 N–H and O–H groups in total. The second-order valence-corrected chi connectivity index (χ2v) is 9.03. The molecule has 1 aromatic carbocycles. The number of amides is 2. The van der Waals surface area contributed by atoms with Crippen molar-refractivity contribution in [2.75, 3.05) is 13.1 Å². The molecule has 2 heterocycles. The fraction of sp³-hybridized carbons (Fsp3) is 0.476. The number of nitrogens with one attached hydrogen (secondary N) is 1. The number of thiazole rings is 1. The van der Waals surface area contributed by atoms with E-state index in [9.17, 15) is 14.0 Å². The summed E-state index contributed by atoms with van der Waals surface area (Å²) < 4.78 is 13.3. The van der Waals surface area contributed by atoms with Gasteiger partial charge in [-0.05, 0) is 43.9 Å². The van der Waals surface area contributed by atoms with Crippen LogP contribution in [0, 0.1) is 11.7 Å². The number of nitrogens with zero attached hydrogens (tertiary/aromatic N) is 2. The molecule has 5 nitrogen and oxygen atoms in total. The van der Waals surface area contributed by atoms with Gasteiger partial charge in [0.2, 0.25) is 5.91 Å². The van der Waals surface area contributed by atoms with Crippen LogP contribution in [-0.2, 0) is 11.3 Å². The zero-order valence-corrected chi connectivity index (χ0v) is 17.6. The van der Waals surface area contributed by atoms with E-state index in [1.165, 1.54) is 18.2 Å². The van der Waals surface area contributed by atoms with Gasteiger partial charge in [0.15, 0.2) is 0 Å². The van der Waals surface area contributed by atoms with Crippen molar-refractivity contribution < 1.29 is 14.0 Å². The van der Waals surface area contributed by atoms with E-state index in [-0.39, 0.29) is 28.7 Å². The topological polar surface area (TPSA) is 62.3 Å². The number of hydrogen-bond acceptors (Lipinski definition) is 4. The summed E-state index contributed by atoms with van der Waals surface area (Å²) >= 11 is 7.64. The first-order valence-electron chi connectivity index (χ1n) is 9.97. The minimum atomic E-state index is -0.456. The second-order valence-electron chi connectivity index (χ2n) is 7.74. The van der Waals surface area contributed by atoms with Crippen molar-refractivity contribution >= 4 is 34.8 Å². The van der Waals surface area contributed by atoms with Gasteiger partial charge in [-0.15, -0.1) is 11.3 Å². The number of hydrogen-bond donors (Lipinski definition) is 1. The zero-order valence-electron chi connectivity index (χ0n) is 16.0. The first kappa shape index (κ1) is 20.3. The molecular weight excluding hydrogens is 413 g/mol. The Morgan fingerprint density at radius 1 is 1.28 bits per heavy atom. The molecule has 0 bridgehead atoms. The van der Waals surface area contributed by atoms with Gasteiger partial charge >= 0.3 is 0 Å². The van der Waals surface area contributed by atoms with E-state index < -0.39 is 5.82 Å². The third-order valence-electron chi connectivity index (χ3n) is 5.71. The number of piperidine rings is 1. The van der Waals surface area contributed by atoms with Crippen LogP contribution in [0.1, 0.15) is 59.1 Å². The van der Waals surface area contributed by atoms with Crippen molar-refractivity contribution in [3.05, 3.63) is 50.7 Å². The summed E-state index contributed by atoms with van der Waals surface area (Å²) in [4.78, 5) is 31.3. The lowest BCUT2D eigenvalue weighted by Gasteiger charge is -2.32. The third kappa shape index (κ3) is 4.61. The molecule has 29 heavy (non-hydrogen) atoms. The molecule has 2 aliphatic rings. The molecule has 1 unspecified atom stereocenters. The average Bonchev–Trinajstić information content (AvgIpc) is 3.14. The molecule has 0 spiro atoms. The van der Waals surface area contributed by atoms with Crippen LogP contribution in [0.15, 0.2) is 23.6 Å². The molecule has 2 aromatic rings. The lowest BCUT2D eigenvalue weighted by molar-refractivity contribution is -0.127. The Labute approximate surface area is 178 Å². The number of halogens is 2. The Bertz CT molecular complexity index is 915. The van der Waals surface area contributed by atoms with E-state index in [0.717, 1.165) is 42.8 Å². The molecule has 1 atom stereocenters. The van der Waals surface area contributed by atoms with E-state index in [2.05, 4.69) is 5.32 Å². The molecule has 4 rings (SSSR count). The fourth-order valence-electron chi connectivity index (χ4n) is 3.78. The van der Waals surface area contributed by atoms with Crippen LogP contribution in [0.2, 0.25) is 5.02 Å². The molecule has 154 valence electrons. The summed E-state index contributed by atoms with van der Waals surface area (Å²) in [5.74, 6) is -0.180. The Kier molecular flexibility index (Phi) is 6.15. The van der Waals surface area contributed by atoms with Gasteiger partial charge in [-0.2, -0.15) is 0 Å². The smallest absolute Gasteiger partial charge is 0.255 e. The van der Waals surface area contributed by atoms with Gasteiger partial charge in [-0.1, -0.05) is 18.0 Å². The lowest BCUT2D eigenvalue weighted by Crippen LogP contribution is -2.39. The van der Waals surface area contributed by atoms with Crippen LogP contribution in [0.5, 0.6) is 0 Å². The highest BCUT2D eigenvalue weighted by Gasteiger charge is 2.29. The van der Waals surface area contributed by atoms with Crippen molar-refractivity contribution in [2.45, 2.75) is 44.6 Å². The Balaban J connectivity index is 1.37. The predicted octanol–water partition coefficient (Wildman–Crippen LogP) is 4.37. The number of likely N-dealkylation sites (tertiary alicyclic amines) is 1. The van der Waals surface area contributed by atoms with Crippen LogP contribution >= 0.6 is 22.9 Å². The molecule has 1 aromatic heterocycles. The quantitative estimate of drug-likeness (QED) is 0.758. The van der Waals surface area contributed by atoms with Crippen LogP contribution in [-0.4, -0.2) is 34.8 Å². The van der Waals surface area contributed by atoms with Crippen LogP contribution < -0.4 is 5.32 Å². The number of aromatic nitrogens is 1. The monoisotopic (exact) mass is 435 g/mol. The van der Waals surface area contributed by atoms with E-state index in [1.807, 2.05) is 5.38 Å². The standard InChI is InChI=1S/C21H23ClFN3O2S/c22-18-9-15(23)6-7-17(18)21(28)26-8-2-5-14(11-26)20-25-16(12-29-20)10-24-19(27)13-3-1-4-13/h6-7,9,12-14H,1-5,8,10-11H2,(H,24,27). The highest BCUT2D eigenvalue weighted by atomic mass is 35.5. The molecule has 1 aliphatic heterocycles. The third-order valence-corrected chi connectivity index (χ3v) is 7.08. The Hall–Kier alpha value is -1.99. The molecule has 1 saturated heterocycles. The largest absolute Gasteiger partial charge is 0.350 e. The second kappa shape index (κ2) is 8.79. The molecule has 1 saturated carbocycles. The van der Waals surface area contributed by atoms with Crippen molar-refractivity contribution in [1.82, 2.24) is 15.2 Å². The minimum Gasteiger partial charge on any atom is -0.350 e. The molecular formula is C21H23ClFN3O2S. The maximum absolute atomic E-state index is 13.3. The van der Waals surface area contributed by atoms with E-state index in [1.54, 1.807) is 16.2 Å². The SMILES string of the molecule is O=C(NCc1csc(C2CCCN(C(=O)c3ccc(F)cc3Cl)C2)n1)C1CCC1. The maximum atomic E-state index is 13.3. The minimum absolute atomic E-state index is 0.122. The summed E-state index contributed by atoms with van der Waals surface area (Å²) in [6, 6.07) is 3.86. The van der Waals surface area contributed by atoms with Gasteiger partial charge in [0.1, 0.15) is 5.82 Å². The van der Waals surface area contributed by atoms with Crippen molar-refractivity contribution in [3.8, 4) is 0 Å². The molecule has 1 aliphatic carbocycles. The number of carbonyl (C=O) groups excluding carboxylic acids is 2. The summed E-state index contributed by atoms with van der Waals surface area (Å²) in [5, 5.41) is 6.07. The maximum Gasteiger partial charge on any atom is 0.255 e. The normalized spacial score (nSPS) is 19.7. The van der Waals surface area contributed by atoms with Gasteiger partial charge in [0.05, 0.1) is 27.8 Å². The summed E-state index contributed by atoms with van der Waals surface area (Å²) in [6.45, 7) is 1.67. The van der Waals surface area contributed by atoms with Crippen molar-refractivity contribution in [2.24, 2.45) is 5.92 Å². The highest BCUT2D eigenvalue weighted by Crippen LogP contribution is 2.31. The highest BCUT2D eigenvalue weighted by molar-refractivity contribution is 7.09. The first-order chi connectivity index (χ1) is 14.0. The van der Waals surface area contributed by atoms with Crippen LogP contribution in [0.25, 0.3) is 0 Å². The predicted molar refractivity (Wildman–Crippen MR) is 111 cm³/mol. The van der Waals surface area contributed by atoms with Gasteiger partial charge in [0, 0.05) is 30.3 Å². The molecule has 0 radical (unpaired) electrons. The Morgan fingerprint density at radius 3 is 2.83 bits per heavy atom. The van der Waals surface area contributed by atoms with E-state index in [0.29, 0.717) is 25.2 Å². The van der Waals surface area contributed by atoms with Gasteiger partial charge < -0.3 is 10.2 Å². The number of rotatable bonds is 5. The summed E-state index contributed by atoms with van der Waals surface area (Å²) in [5.41, 5.74) is 1.19. The van der Waals surface area contributed by atoms with Gasteiger partial charge in [-0.3, -0.25) is 9.59 Å². The number of carbonyl (C=O) groups is 2. The first-order valence-corrected chi connectivity index (χ1v) is 11.2. The van der Waals surface area contributed by atoms with E-state index in [4.69, 9.17) is 16.6 Å². The Morgan fingerprint density at radius 2 is 2.10 bits per heavy atom. The number of benzene rings is 1. The lowest BCUT2D eigenvalue weighted by atomic mass is 9.85. The van der Waals surface area contributed by atoms with E-state index >= 15 is 0 Å². The summed E-state index contributed by atoms with van der Waals surface area (Å²) in [7, 11) is 0.